The van der Waals surface area contributed by atoms with Gasteiger partial charge in [-0.15, -0.1) is 0 Å². The van der Waals surface area contributed by atoms with Crippen LogP contribution in [0.15, 0.2) is 315 Å². The van der Waals surface area contributed by atoms with E-state index in [9.17, 15) is 0 Å². The second kappa shape index (κ2) is 23.9. The Balaban J connectivity index is 0.813. The van der Waals surface area contributed by atoms with Crippen molar-refractivity contribution in [2.24, 2.45) is 0 Å². The number of fused-ring (bicyclic) bond motifs is 4. The zero-order valence-electron chi connectivity index (χ0n) is 48.6. The summed E-state index contributed by atoms with van der Waals surface area (Å²) in [6.45, 7) is 4.48. The van der Waals surface area contributed by atoms with E-state index in [-0.39, 0.29) is 0 Å². The number of benzene rings is 14. The number of rotatable bonds is 17. The van der Waals surface area contributed by atoms with Crippen LogP contribution in [0.25, 0.3) is 54.2 Å². The molecule has 4 heteroatoms. The summed E-state index contributed by atoms with van der Waals surface area (Å²) in [7, 11) is 0. The lowest BCUT2D eigenvalue weighted by Crippen LogP contribution is -2.13. The van der Waals surface area contributed by atoms with Crippen molar-refractivity contribution in [3.63, 3.8) is 0 Å². The summed E-state index contributed by atoms with van der Waals surface area (Å²) < 4.78 is 0. The molecule has 0 fully saturated rings. The fourth-order valence-corrected chi connectivity index (χ4v) is 12.6. The predicted octanol–water partition coefficient (Wildman–Crippen LogP) is 23.8. The smallest absolute Gasteiger partial charge is 0.0540 e. The second-order valence-electron chi connectivity index (χ2n) is 22.3. The van der Waals surface area contributed by atoms with Gasteiger partial charge in [0.1, 0.15) is 0 Å². The summed E-state index contributed by atoms with van der Waals surface area (Å²) in [6.07, 6.45) is 4.35. The van der Waals surface area contributed by atoms with Crippen LogP contribution in [-0.4, -0.2) is 0 Å². The van der Waals surface area contributed by atoms with Gasteiger partial charge < -0.3 is 19.6 Å². The number of aryl methyl sites for hydroxylation is 2. The zero-order valence-corrected chi connectivity index (χ0v) is 48.6. The van der Waals surface area contributed by atoms with E-state index < -0.39 is 0 Å². The molecule has 0 unspecified atom stereocenters. The van der Waals surface area contributed by atoms with Crippen molar-refractivity contribution >= 4 is 111 Å². The molecule has 414 valence electrons. The van der Waals surface area contributed by atoms with Gasteiger partial charge in [-0.25, -0.2) is 0 Å². The Hall–Kier alpha value is -10.7. The SMILES string of the molecule is CCCc1ccc(N(c2ccc(N(c3ccc(-c4ccc(N(c5ccc(N(c6ccc(CCC)cc6)c6cccc7ccccc67)cc5)c5cccc6ccccc56)cc4)cc3)c3cccc4ccccc34)cc2)c2cccc3ccccc23)cc1. The van der Waals surface area contributed by atoms with Gasteiger partial charge >= 0.3 is 0 Å². The number of anilines is 12. The molecule has 0 spiro atoms. The van der Waals surface area contributed by atoms with Crippen LogP contribution >= 0.6 is 0 Å². The molecule has 0 bridgehead atoms. The molecule has 0 N–H and O–H groups in total. The normalized spacial score (nSPS) is 11.3. The summed E-state index contributed by atoms with van der Waals surface area (Å²) in [5.41, 5.74) is 18.2. The van der Waals surface area contributed by atoms with E-state index in [2.05, 4.69) is 349 Å². The van der Waals surface area contributed by atoms with Gasteiger partial charge in [-0.05, 0) is 178 Å². The first-order valence-corrected chi connectivity index (χ1v) is 30.3. The van der Waals surface area contributed by atoms with E-state index in [1.807, 2.05) is 0 Å². The summed E-state index contributed by atoms with van der Waals surface area (Å²) in [5.74, 6) is 0. The molecule has 0 aliphatic carbocycles. The molecular formula is C82H66N4. The molecule has 0 aromatic heterocycles. The highest BCUT2D eigenvalue weighted by molar-refractivity contribution is 6.03. The molecule has 0 amide bonds. The number of nitrogens with zero attached hydrogens (tertiary/aromatic N) is 4. The van der Waals surface area contributed by atoms with E-state index in [1.165, 1.54) is 54.2 Å². The number of hydrogen-bond acceptors (Lipinski definition) is 4. The third kappa shape index (κ3) is 10.5. The zero-order chi connectivity index (χ0) is 57.8. The molecule has 0 aliphatic rings. The minimum absolute atomic E-state index is 1.06. The van der Waals surface area contributed by atoms with Crippen LogP contribution in [0.4, 0.5) is 68.2 Å². The van der Waals surface area contributed by atoms with Crippen LogP contribution in [0, 0.1) is 0 Å². The number of hydrogen-bond donors (Lipinski definition) is 0. The Morgan fingerprint density at radius 2 is 0.395 bits per heavy atom. The summed E-state index contributed by atoms with van der Waals surface area (Å²) in [5, 5.41) is 9.61. The quantitative estimate of drug-likeness (QED) is 0.0901. The molecule has 0 atom stereocenters. The first-order chi connectivity index (χ1) is 42.6. The highest BCUT2D eigenvalue weighted by atomic mass is 15.2. The Labute approximate surface area is 505 Å². The van der Waals surface area contributed by atoms with Crippen molar-refractivity contribution in [1.29, 1.82) is 0 Å². The van der Waals surface area contributed by atoms with Gasteiger partial charge in [0.25, 0.3) is 0 Å². The largest absolute Gasteiger partial charge is 0.310 e. The molecule has 0 saturated carbocycles. The molecule has 0 aliphatic heterocycles. The summed E-state index contributed by atoms with van der Waals surface area (Å²) in [6, 6.07) is 116. The van der Waals surface area contributed by atoms with Gasteiger partial charge in [0.05, 0.1) is 22.7 Å². The molecule has 14 rings (SSSR count). The second-order valence-corrected chi connectivity index (χ2v) is 22.3. The lowest BCUT2D eigenvalue weighted by Gasteiger charge is -2.30. The van der Waals surface area contributed by atoms with E-state index in [0.29, 0.717) is 0 Å². The average Bonchev–Trinajstić information content (AvgIpc) is 2.96. The minimum Gasteiger partial charge on any atom is -0.310 e. The van der Waals surface area contributed by atoms with E-state index in [4.69, 9.17) is 0 Å². The fraction of sp³-hybridized carbons (Fsp3) is 0.0732. The van der Waals surface area contributed by atoms with Gasteiger partial charge in [-0.3, -0.25) is 0 Å². The predicted molar refractivity (Wildman–Crippen MR) is 369 cm³/mol. The van der Waals surface area contributed by atoms with Crippen LogP contribution in [0.3, 0.4) is 0 Å². The highest BCUT2D eigenvalue weighted by Crippen LogP contribution is 2.46. The fourth-order valence-electron chi connectivity index (χ4n) is 12.6. The van der Waals surface area contributed by atoms with Crippen molar-refractivity contribution in [1.82, 2.24) is 0 Å². The molecule has 4 nitrogen and oxygen atoms in total. The van der Waals surface area contributed by atoms with Crippen molar-refractivity contribution < 1.29 is 0 Å². The summed E-state index contributed by atoms with van der Waals surface area (Å²) in [4.78, 5) is 9.60. The van der Waals surface area contributed by atoms with Crippen LogP contribution in [0.5, 0.6) is 0 Å². The molecule has 0 saturated heterocycles. The Morgan fingerprint density at radius 3 is 0.628 bits per heavy atom. The van der Waals surface area contributed by atoms with Crippen LogP contribution in [0.1, 0.15) is 37.8 Å². The lowest BCUT2D eigenvalue weighted by molar-refractivity contribution is 0.922. The van der Waals surface area contributed by atoms with Crippen molar-refractivity contribution in [2.45, 2.75) is 39.5 Å². The summed E-state index contributed by atoms with van der Waals surface area (Å²) >= 11 is 0. The Morgan fingerprint density at radius 1 is 0.198 bits per heavy atom. The highest BCUT2D eigenvalue weighted by Gasteiger charge is 2.22. The maximum atomic E-state index is 2.40. The molecule has 0 radical (unpaired) electrons. The van der Waals surface area contributed by atoms with Crippen molar-refractivity contribution in [2.75, 3.05) is 19.6 Å². The van der Waals surface area contributed by atoms with Crippen LogP contribution < -0.4 is 19.6 Å². The van der Waals surface area contributed by atoms with Gasteiger partial charge in [-0.2, -0.15) is 0 Å². The maximum Gasteiger partial charge on any atom is 0.0540 e. The Kier molecular flexibility index (Phi) is 14.8. The molecule has 14 aromatic rings. The topological polar surface area (TPSA) is 13.0 Å². The standard InChI is InChI=1S/C82H66N4/c1-3-17-59-35-43-67(44-36-59)83(79-31-13-23-63-19-5-9-27-75(63)79)71-51-55-73(56-52-71)85(81-33-15-25-65-21-7-11-29-77(65)81)69-47-39-61(40-48-69)62-41-49-70(50-42-62)86(82-34-16-26-66-22-8-12-30-78(66)82)74-57-53-72(54-58-74)84(68-45-37-60(18-4-2)38-46-68)80-32-14-24-64-20-6-10-28-76(64)80/h5-16,19-58H,3-4,17-18H2,1-2H3. The first kappa shape index (κ1) is 53.3. The van der Waals surface area contributed by atoms with Crippen molar-refractivity contribution in [3.05, 3.63) is 327 Å². The monoisotopic (exact) mass is 1110 g/mol. The molecular weight excluding hydrogens is 1040 g/mol. The van der Waals surface area contributed by atoms with Crippen molar-refractivity contribution in [3.8, 4) is 11.1 Å². The third-order valence-corrected chi connectivity index (χ3v) is 16.8. The van der Waals surface area contributed by atoms with Crippen LogP contribution in [0.2, 0.25) is 0 Å². The first-order valence-electron chi connectivity index (χ1n) is 30.3. The van der Waals surface area contributed by atoms with Gasteiger partial charge in [0, 0.05) is 67.0 Å². The van der Waals surface area contributed by atoms with E-state index >= 15 is 0 Å². The molecule has 0 heterocycles. The minimum atomic E-state index is 1.06. The van der Waals surface area contributed by atoms with Crippen LogP contribution in [-0.2, 0) is 12.8 Å². The van der Waals surface area contributed by atoms with E-state index in [0.717, 1.165) is 105 Å². The lowest BCUT2D eigenvalue weighted by atomic mass is 10.0. The average molecular weight is 1110 g/mol. The maximum absolute atomic E-state index is 2.40. The van der Waals surface area contributed by atoms with Gasteiger partial charge in [-0.1, -0.05) is 221 Å². The Bertz CT molecular complexity index is 4330. The third-order valence-electron chi connectivity index (χ3n) is 16.8. The molecule has 86 heavy (non-hydrogen) atoms. The molecule has 14 aromatic carbocycles. The van der Waals surface area contributed by atoms with Gasteiger partial charge in [0.2, 0.25) is 0 Å². The van der Waals surface area contributed by atoms with Gasteiger partial charge in [0.15, 0.2) is 0 Å². The van der Waals surface area contributed by atoms with E-state index in [1.54, 1.807) is 0 Å².